The zero-order chi connectivity index (χ0) is 10.5. The predicted octanol–water partition coefficient (Wildman–Crippen LogP) is 1.07. The van der Waals surface area contributed by atoms with Crippen LogP contribution in [-0.2, 0) is 9.47 Å². The third-order valence-electron chi connectivity index (χ3n) is 1.98. The second-order valence-corrected chi connectivity index (χ2v) is 4.03. The molecule has 82 valence electrons. The van der Waals surface area contributed by atoms with Crippen LogP contribution in [0.1, 0.15) is 0 Å². The second-order valence-electron chi connectivity index (χ2n) is 3.22. The number of nitrogens with zero attached hydrogens (tertiary/aromatic N) is 2. The van der Waals surface area contributed by atoms with Crippen LogP contribution in [0.2, 0.25) is 0 Å². The Balaban J connectivity index is 1.92. The summed E-state index contributed by atoms with van der Waals surface area (Å²) in [4.78, 5) is 8.25. The molecule has 2 rings (SSSR count). The number of halogens is 1. The Bertz CT molecular complexity index is 299. The fraction of sp³-hybridized carbons (Fsp3) is 0.556. The predicted molar refractivity (Wildman–Crippen MR) is 58.8 cm³/mol. The highest BCUT2D eigenvalue weighted by Gasteiger charge is 2.13. The first-order valence-corrected chi connectivity index (χ1v) is 5.53. The molecule has 0 bridgehead atoms. The second kappa shape index (κ2) is 5.39. The third-order valence-corrected chi connectivity index (χ3v) is 2.39. The Morgan fingerprint density at radius 3 is 2.53 bits per heavy atom. The molecule has 0 radical (unpaired) electrons. The highest BCUT2D eigenvalue weighted by atomic mass is 79.9. The molecule has 1 fully saturated rings. The maximum absolute atomic E-state index is 5.36. The van der Waals surface area contributed by atoms with Crippen LogP contribution in [0.15, 0.2) is 17.0 Å². The van der Waals surface area contributed by atoms with E-state index in [4.69, 9.17) is 9.47 Å². The number of rotatable bonds is 2. The molecule has 1 aliphatic heterocycles. The van der Waals surface area contributed by atoms with Gasteiger partial charge in [-0.05, 0) is 15.9 Å². The summed E-state index contributed by atoms with van der Waals surface area (Å²) in [7, 11) is 0. The Hall–Kier alpha value is -0.720. The van der Waals surface area contributed by atoms with Crippen molar-refractivity contribution in [1.82, 2.24) is 9.97 Å². The molecule has 1 N–H and O–H groups in total. The number of nitrogens with one attached hydrogen (secondary N) is 1. The Kier molecular flexibility index (Phi) is 3.87. The largest absolute Gasteiger partial charge is 0.377 e. The summed E-state index contributed by atoms with van der Waals surface area (Å²) in [6.45, 7) is 2.59. The van der Waals surface area contributed by atoms with E-state index in [1.807, 2.05) is 0 Å². The average molecular weight is 274 g/mol. The molecule has 1 saturated heterocycles. The van der Waals surface area contributed by atoms with Gasteiger partial charge in [0.2, 0.25) is 0 Å². The lowest BCUT2D eigenvalue weighted by atomic mass is 10.3. The number of ether oxygens (including phenoxy) is 2. The average Bonchev–Trinajstić information content (AvgIpc) is 2.50. The summed E-state index contributed by atoms with van der Waals surface area (Å²) in [6.07, 6.45) is 3.33. The van der Waals surface area contributed by atoms with Crippen LogP contribution < -0.4 is 5.32 Å². The molecule has 0 unspecified atom stereocenters. The molecule has 0 saturated carbocycles. The van der Waals surface area contributed by atoms with E-state index in [9.17, 15) is 0 Å². The van der Waals surface area contributed by atoms with Gasteiger partial charge in [0.05, 0.1) is 44.9 Å². The monoisotopic (exact) mass is 273 g/mol. The normalized spacial score (nSPS) is 18.5. The van der Waals surface area contributed by atoms with Crippen LogP contribution >= 0.6 is 15.9 Å². The first-order valence-electron chi connectivity index (χ1n) is 4.74. The van der Waals surface area contributed by atoms with E-state index in [0.717, 1.165) is 10.4 Å². The standard InChI is InChI=1S/C9H12BrN3O2/c10-8-3-12-9(4-11-8)13-7-5-14-1-2-15-6-7/h3-4,7H,1-2,5-6H2,(H,12,13). The van der Waals surface area contributed by atoms with Crippen LogP contribution in [0.5, 0.6) is 0 Å². The first-order chi connectivity index (χ1) is 7.34. The lowest BCUT2D eigenvalue weighted by Crippen LogP contribution is -2.28. The van der Waals surface area contributed by atoms with Gasteiger partial charge in [0, 0.05) is 0 Å². The van der Waals surface area contributed by atoms with Crippen molar-refractivity contribution in [2.75, 3.05) is 31.7 Å². The summed E-state index contributed by atoms with van der Waals surface area (Å²) in [6, 6.07) is 0.142. The summed E-state index contributed by atoms with van der Waals surface area (Å²) in [5, 5.41) is 3.20. The van der Waals surface area contributed by atoms with Gasteiger partial charge in [0.1, 0.15) is 10.4 Å². The van der Waals surface area contributed by atoms with E-state index in [1.165, 1.54) is 0 Å². The van der Waals surface area contributed by atoms with Crippen molar-refractivity contribution in [3.63, 3.8) is 0 Å². The lowest BCUT2D eigenvalue weighted by molar-refractivity contribution is 0.103. The van der Waals surface area contributed by atoms with E-state index in [0.29, 0.717) is 26.4 Å². The molecule has 0 aromatic carbocycles. The third kappa shape index (κ3) is 3.40. The van der Waals surface area contributed by atoms with Crippen molar-refractivity contribution >= 4 is 21.7 Å². The molecule has 0 atom stereocenters. The highest BCUT2D eigenvalue weighted by Crippen LogP contribution is 2.08. The maximum atomic E-state index is 5.36. The number of hydrogen-bond donors (Lipinski definition) is 1. The fourth-order valence-electron chi connectivity index (χ4n) is 1.30. The molecule has 2 heterocycles. The van der Waals surface area contributed by atoms with Crippen molar-refractivity contribution < 1.29 is 9.47 Å². The van der Waals surface area contributed by atoms with E-state index >= 15 is 0 Å². The first kappa shape index (κ1) is 10.8. The highest BCUT2D eigenvalue weighted by molar-refractivity contribution is 9.10. The fourth-order valence-corrected chi connectivity index (χ4v) is 1.50. The molecule has 1 aromatic rings. The minimum absolute atomic E-state index is 0.142. The summed E-state index contributed by atoms with van der Waals surface area (Å²) in [5.74, 6) is 0.734. The van der Waals surface area contributed by atoms with Gasteiger partial charge in [-0.25, -0.2) is 9.97 Å². The van der Waals surface area contributed by atoms with Gasteiger partial charge in [-0.1, -0.05) is 0 Å². The maximum Gasteiger partial charge on any atom is 0.144 e. The van der Waals surface area contributed by atoms with Gasteiger partial charge in [-0.3, -0.25) is 0 Å². The van der Waals surface area contributed by atoms with Crippen molar-refractivity contribution in [1.29, 1.82) is 0 Å². The van der Waals surface area contributed by atoms with Crippen LogP contribution in [-0.4, -0.2) is 42.4 Å². The van der Waals surface area contributed by atoms with E-state index < -0.39 is 0 Å². The summed E-state index contributed by atoms with van der Waals surface area (Å²) < 4.78 is 11.4. The number of aromatic nitrogens is 2. The Labute approximate surface area is 96.3 Å². The molecule has 6 heteroatoms. The van der Waals surface area contributed by atoms with Gasteiger partial charge < -0.3 is 14.8 Å². The molecule has 0 spiro atoms. The molecule has 15 heavy (non-hydrogen) atoms. The van der Waals surface area contributed by atoms with Gasteiger partial charge in [-0.2, -0.15) is 0 Å². The van der Waals surface area contributed by atoms with Gasteiger partial charge in [0.25, 0.3) is 0 Å². The van der Waals surface area contributed by atoms with E-state index in [1.54, 1.807) is 12.4 Å². The van der Waals surface area contributed by atoms with Crippen LogP contribution in [0.4, 0.5) is 5.82 Å². The van der Waals surface area contributed by atoms with Gasteiger partial charge in [0.15, 0.2) is 0 Å². The van der Waals surface area contributed by atoms with Gasteiger partial charge >= 0.3 is 0 Å². The minimum atomic E-state index is 0.142. The molecule has 1 aromatic heterocycles. The van der Waals surface area contributed by atoms with Crippen molar-refractivity contribution in [2.24, 2.45) is 0 Å². The molecule has 5 nitrogen and oxygen atoms in total. The van der Waals surface area contributed by atoms with E-state index in [2.05, 4.69) is 31.2 Å². The summed E-state index contributed by atoms with van der Waals surface area (Å²) >= 11 is 3.23. The molecular weight excluding hydrogens is 262 g/mol. The van der Waals surface area contributed by atoms with Crippen molar-refractivity contribution in [3.8, 4) is 0 Å². The molecule has 0 aliphatic carbocycles. The SMILES string of the molecule is Brc1cnc(NC2COCCOC2)cn1. The summed E-state index contributed by atoms with van der Waals surface area (Å²) in [5.41, 5.74) is 0. The minimum Gasteiger partial charge on any atom is -0.377 e. The lowest BCUT2D eigenvalue weighted by Gasteiger charge is -2.15. The zero-order valence-electron chi connectivity index (χ0n) is 8.15. The zero-order valence-corrected chi connectivity index (χ0v) is 9.74. The Morgan fingerprint density at radius 1 is 1.20 bits per heavy atom. The topological polar surface area (TPSA) is 56.3 Å². The van der Waals surface area contributed by atoms with Crippen molar-refractivity contribution in [2.45, 2.75) is 6.04 Å². The number of anilines is 1. The molecular formula is C9H12BrN3O2. The smallest absolute Gasteiger partial charge is 0.144 e. The van der Waals surface area contributed by atoms with E-state index in [-0.39, 0.29) is 6.04 Å². The number of hydrogen-bond acceptors (Lipinski definition) is 5. The van der Waals surface area contributed by atoms with Crippen LogP contribution in [0, 0.1) is 0 Å². The Morgan fingerprint density at radius 2 is 1.93 bits per heavy atom. The van der Waals surface area contributed by atoms with Crippen LogP contribution in [0.3, 0.4) is 0 Å². The van der Waals surface area contributed by atoms with Crippen molar-refractivity contribution in [3.05, 3.63) is 17.0 Å². The quantitative estimate of drug-likeness (QED) is 0.874. The molecule has 1 aliphatic rings. The van der Waals surface area contributed by atoms with Gasteiger partial charge in [-0.15, -0.1) is 0 Å². The van der Waals surface area contributed by atoms with Crippen LogP contribution in [0.25, 0.3) is 0 Å². The molecule has 0 amide bonds.